The van der Waals surface area contributed by atoms with Gasteiger partial charge in [0, 0.05) is 9.13 Å². The summed E-state index contributed by atoms with van der Waals surface area (Å²) in [7, 11) is 0. The highest BCUT2D eigenvalue weighted by Gasteiger charge is 2.63. The van der Waals surface area contributed by atoms with Crippen LogP contribution in [-0.2, 0) is 18.1 Å². The van der Waals surface area contributed by atoms with E-state index in [4.69, 9.17) is 9.47 Å². The molecular weight excluding hydrogens is 621 g/mol. The first kappa shape index (κ1) is 26.6. The largest absolute Gasteiger partial charge is 0.447 e. The Hall–Kier alpha value is -2.95. The van der Waals surface area contributed by atoms with Crippen LogP contribution in [0.15, 0.2) is 78.9 Å². The van der Waals surface area contributed by atoms with Gasteiger partial charge < -0.3 is 9.47 Å². The summed E-state index contributed by atoms with van der Waals surface area (Å²) in [4.78, 5) is 0. The van der Waals surface area contributed by atoms with Crippen LogP contribution >= 0.6 is 22.6 Å². The number of benzene rings is 3. The number of alkyl halides is 6. The zero-order chi connectivity index (χ0) is 27.5. The van der Waals surface area contributed by atoms with E-state index >= 15 is 0 Å². The third-order valence-corrected chi connectivity index (χ3v) is 7.68. The van der Waals surface area contributed by atoms with Crippen LogP contribution in [0.3, 0.4) is 0 Å². The summed E-state index contributed by atoms with van der Waals surface area (Å²) in [5.74, 6) is -3.12. The molecule has 0 heterocycles. The third-order valence-electron chi connectivity index (χ3n) is 7.01. The lowest BCUT2D eigenvalue weighted by atomic mass is 9.73. The van der Waals surface area contributed by atoms with Crippen molar-refractivity contribution in [1.29, 1.82) is 0 Å². The summed E-state index contributed by atoms with van der Waals surface area (Å²) >= 11 is 1.77. The number of rotatable bonds is 4. The maximum Gasteiger partial charge on any atom is 0.420 e. The fourth-order valence-corrected chi connectivity index (χ4v) is 5.69. The van der Waals surface area contributed by atoms with Crippen molar-refractivity contribution in [2.24, 2.45) is 5.41 Å². The number of allylic oxidation sites excluding steroid dienone is 3. The molecule has 0 spiro atoms. The van der Waals surface area contributed by atoms with Gasteiger partial charge in [-0.25, -0.2) is 0 Å². The normalized spacial score (nSPS) is 22.5. The lowest BCUT2D eigenvalue weighted by molar-refractivity contribution is -0.191. The maximum atomic E-state index is 14.2. The first-order valence-corrected chi connectivity index (χ1v) is 12.7. The summed E-state index contributed by atoms with van der Waals surface area (Å²) in [6, 6.07) is 14.0. The zero-order valence-electron chi connectivity index (χ0n) is 20.2. The van der Waals surface area contributed by atoms with Gasteiger partial charge in [-0.2, -0.15) is 26.3 Å². The molecule has 0 radical (unpaired) electrons. The number of hydrogen-bond donors (Lipinski definition) is 0. The molecule has 0 aromatic heterocycles. The van der Waals surface area contributed by atoms with Crippen molar-refractivity contribution in [2.75, 3.05) is 0 Å². The Labute approximate surface area is 229 Å². The van der Waals surface area contributed by atoms with Crippen LogP contribution in [0.1, 0.15) is 41.2 Å². The Bertz CT molecular complexity index is 1410. The highest BCUT2D eigenvalue weighted by atomic mass is 127. The third kappa shape index (κ3) is 4.28. The van der Waals surface area contributed by atoms with Crippen molar-refractivity contribution in [3.05, 3.63) is 110 Å². The minimum absolute atomic E-state index is 0.256. The molecule has 0 fully saturated rings. The molecule has 0 amide bonds. The van der Waals surface area contributed by atoms with Gasteiger partial charge in [0.05, 0.1) is 16.5 Å². The molecule has 2 aliphatic carbocycles. The fourth-order valence-electron chi connectivity index (χ4n) is 5.20. The van der Waals surface area contributed by atoms with Gasteiger partial charge in [0.15, 0.2) is 0 Å². The van der Waals surface area contributed by atoms with Gasteiger partial charge >= 0.3 is 12.4 Å². The van der Waals surface area contributed by atoms with Crippen LogP contribution in [0.5, 0.6) is 11.5 Å². The minimum Gasteiger partial charge on any atom is -0.447 e. The van der Waals surface area contributed by atoms with Crippen LogP contribution in [0.4, 0.5) is 26.3 Å². The molecule has 0 N–H and O–H groups in total. The number of ether oxygens (including phenoxy) is 2. The van der Waals surface area contributed by atoms with Gasteiger partial charge in [-0.15, -0.1) is 0 Å². The van der Waals surface area contributed by atoms with Gasteiger partial charge in [0.1, 0.15) is 11.5 Å². The summed E-state index contributed by atoms with van der Waals surface area (Å²) in [5, 5.41) is 0. The second-order valence-corrected chi connectivity index (χ2v) is 10.8. The molecule has 9 heteroatoms. The lowest BCUT2D eigenvalue weighted by Crippen LogP contribution is -2.51. The predicted molar refractivity (Wildman–Crippen MR) is 140 cm³/mol. The minimum atomic E-state index is -4.77. The topological polar surface area (TPSA) is 18.5 Å². The molecule has 3 aromatic rings. The molecule has 5 rings (SSSR count). The molecule has 0 aliphatic heterocycles. The maximum absolute atomic E-state index is 14.2. The van der Waals surface area contributed by atoms with Crippen molar-refractivity contribution in [3.63, 3.8) is 0 Å². The van der Waals surface area contributed by atoms with E-state index in [9.17, 15) is 26.3 Å². The Balaban J connectivity index is 1.80. The van der Waals surface area contributed by atoms with E-state index in [0.717, 1.165) is 12.1 Å². The molecule has 2 unspecified atom stereocenters. The number of halogens is 7. The van der Waals surface area contributed by atoms with E-state index in [1.54, 1.807) is 65.9 Å². The molecule has 2 atom stereocenters. The van der Waals surface area contributed by atoms with Crippen LogP contribution in [0, 0.1) is 15.9 Å². The first-order chi connectivity index (χ1) is 17.8. The van der Waals surface area contributed by atoms with Crippen molar-refractivity contribution < 1.29 is 35.8 Å². The first-order valence-electron chi connectivity index (χ1n) is 11.7. The summed E-state index contributed by atoms with van der Waals surface area (Å²) < 4.78 is 97.8. The summed E-state index contributed by atoms with van der Waals surface area (Å²) in [5.41, 5.74) is -1.20. The highest BCUT2D eigenvalue weighted by molar-refractivity contribution is 14.1. The zero-order valence-corrected chi connectivity index (χ0v) is 22.3. The van der Waals surface area contributed by atoms with E-state index in [0.29, 0.717) is 25.8 Å². The number of fused-ring (bicyclic) bond motifs is 3. The van der Waals surface area contributed by atoms with Crippen LogP contribution in [0.25, 0.3) is 5.57 Å². The van der Waals surface area contributed by atoms with Crippen LogP contribution in [0.2, 0.25) is 0 Å². The predicted octanol–water partition coefficient (Wildman–Crippen LogP) is 9.31. The quantitative estimate of drug-likeness (QED) is 0.161. The molecule has 2 aliphatic rings. The van der Waals surface area contributed by atoms with Crippen LogP contribution < -0.4 is 9.47 Å². The lowest BCUT2D eigenvalue weighted by Gasteiger charge is -2.45. The molecule has 198 valence electrons. The van der Waals surface area contributed by atoms with Crippen molar-refractivity contribution in [2.45, 2.75) is 38.4 Å². The molecule has 0 bridgehead atoms. The summed E-state index contributed by atoms with van der Waals surface area (Å²) in [6.07, 6.45) is -3.88. The molecule has 38 heavy (non-hydrogen) atoms. The van der Waals surface area contributed by atoms with Gasteiger partial charge in [-0.1, -0.05) is 54.1 Å². The van der Waals surface area contributed by atoms with Gasteiger partial charge in [0.2, 0.25) is 0 Å². The van der Waals surface area contributed by atoms with E-state index in [2.05, 4.69) is 0 Å². The SMILES string of the molecule is Cc1ccc(OC2(Oc3ccc(I)cc3C(F)(F)F)c3ccccc3C3=CC=CCC32C)c(C(F)(F)F)c1. The standard InChI is InChI=1S/C29H21F6IO2/c1-17-10-12-24(22(15-17)28(30,31)32)37-27(38-25-13-11-18(36)16-23(25)29(33,34)35)21-9-4-3-7-19(21)20-8-5-6-14-26(20,27)2/h3-13,15-16H,14H2,1-2H3. The van der Waals surface area contributed by atoms with E-state index in [1.165, 1.54) is 31.2 Å². The van der Waals surface area contributed by atoms with Crippen molar-refractivity contribution >= 4 is 28.2 Å². The fraction of sp³-hybridized carbons (Fsp3) is 0.241. The van der Waals surface area contributed by atoms with Crippen LogP contribution in [-0.4, -0.2) is 0 Å². The Kier molecular flexibility index (Phi) is 6.36. The van der Waals surface area contributed by atoms with E-state index < -0.39 is 46.2 Å². The number of aryl methyl sites for hydroxylation is 1. The molecule has 0 saturated carbocycles. The van der Waals surface area contributed by atoms with Gasteiger partial charge in [0.25, 0.3) is 5.79 Å². The molecule has 3 aromatic carbocycles. The monoisotopic (exact) mass is 642 g/mol. The second-order valence-electron chi connectivity index (χ2n) is 9.55. The van der Waals surface area contributed by atoms with Crippen molar-refractivity contribution in [3.8, 4) is 11.5 Å². The second kappa shape index (κ2) is 9.07. The van der Waals surface area contributed by atoms with E-state index in [1.807, 2.05) is 6.08 Å². The van der Waals surface area contributed by atoms with Gasteiger partial charge in [-0.05, 0) is 84.3 Å². The Morgan fingerprint density at radius 1 is 0.816 bits per heavy atom. The molecule has 2 nitrogen and oxygen atoms in total. The highest BCUT2D eigenvalue weighted by Crippen LogP contribution is 2.63. The average molecular weight is 642 g/mol. The summed E-state index contributed by atoms with van der Waals surface area (Å²) in [6.45, 7) is 3.26. The molecule has 0 saturated heterocycles. The van der Waals surface area contributed by atoms with Crippen molar-refractivity contribution in [1.82, 2.24) is 0 Å². The van der Waals surface area contributed by atoms with Gasteiger partial charge in [-0.3, -0.25) is 0 Å². The number of hydrogen-bond acceptors (Lipinski definition) is 2. The van der Waals surface area contributed by atoms with E-state index in [-0.39, 0.29) is 6.42 Å². The average Bonchev–Trinajstić information content (AvgIpc) is 3.05. The Morgan fingerprint density at radius 3 is 2.08 bits per heavy atom. The molecular formula is C29H21F6IO2. The Morgan fingerprint density at radius 2 is 1.42 bits per heavy atom. The smallest absolute Gasteiger partial charge is 0.420 e.